The summed E-state index contributed by atoms with van der Waals surface area (Å²) in [6.07, 6.45) is 0.522. The van der Waals surface area contributed by atoms with Crippen LogP contribution in [0.3, 0.4) is 0 Å². The van der Waals surface area contributed by atoms with E-state index in [9.17, 15) is 4.79 Å². The molecule has 3 nitrogen and oxygen atoms in total. The second-order valence-electron chi connectivity index (χ2n) is 1.50. The maximum atomic E-state index is 10.2. The van der Waals surface area contributed by atoms with Gasteiger partial charge in [0, 0.05) is 1.37 Å². The van der Waals surface area contributed by atoms with Crippen LogP contribution < -0.4 is 5.32 Å². The molecule has 0 aliphatic heterocycles. The lowest BCUT2D eigenvalue weighted by atomic mass is 10.2. The Morgan fingerprint density at radius 1 is 2.12 bits per heavy atom. The Labute approximate surface area is 50.1 Å². The van der Waals surface area contributed by atoms with Crippen molar-refractivity contribution in [3.05, 3.63) is 0 Å². The molecule has 0 saturated heterocycles. The van der Waals surface area contributed by atoms with Crippen molar-refractivity contribution in [3.8, 4) is 0 Å². The number of carbonyl (C=O) groups is 1. The van der Waals surface area contributed by atoms with Crippen LogP contribution in [0, 0.1) is 0 Å². The summed E-state index contributed by atoms with van der Waals surface area (Å²) < 4.78 is 6.66. The smallest absolute Gasteiger partial charge is 0.320 e. The molecule has 0 aromatic carbocycles. The summed E-state index contributed by atoms with van der Waals surface area (Å²) in [5, 5.41) is 10.9. The third-order valence-electron chi connectivity index (χ3n) is 0.953. The number of rotatable bonds is 3. The standard InChI is InChI=1S/C5H11NO2/c1-3-4(6-2)5(7)8/h4,6H,3H2,1-2H3,(H,7,8)/i2D. The minimum Gasteiger partial charge on any atom is -0.480 e. The van der Waals surface area contributed by atoms with Crippen LogP contribution in [-0.4, -0.2) is 24.1 Å². The molecule has 48 valence electrons. The van der Waals surface area contributed by atoms with Crippen molar-refractivity contribution in [1.29, 1.82) is 0 Å². The first-order valence-electron chi connectivity index (χ1n) is 3.18. The summed E-state index contributed by atoms with van der Waals surface area (Å²) in [7, 11) is -0.0369. The van der Waals surface area contributed by atoms with Gasteiger partial charge in [-0.25, -0.2) is 0 Å². The van der Waals surface area contributed by atoms with Gasteiger partial charge in [-0.3, -0.25) is 4.79 Å². The van der Waals surface area contributed by atoms with Gasteiger partial charge in [-0.05, 0) is 13.4 Å². The van der Waals surface area contributed by atoms with Crippen molar-refractivity contribution >= 4 is 5.97 Å². The predicted molar refractivity (Wildman–Crippen MR) is 30.8 cm³/mol. The van der Waals surface area contributed by atoms with Gasteiger partial charge in [0.15, 0.2) is 0 Å². The molecule has 0 aliphatic carbocycles. The molecule has 0 spiro atoms. The van der Waals surface area contributed by atoms with E-state index >= 15 is 0 Å². The zero-order valence-corrected chi connectivity index (χ0v) is 4.85. The second-order valence-corrected chi connectivity index (χ2v) is 1.50. The molecule has 0 bridgehead atoms. The molecule has 0 radical (unpaired) electrons. The molecule has 1 unspecified atom stereocenters. The minimum absolute atomic E-state index is 0.0369. The van der Waals surface area contributed by atoms with Gasteiger partial charge in [0.05, 0.1) is 0 Å². The molecule has 0 aliphatic rings. The highest BCUT2D eigenvalue weighted by atomic mass is 16.4. The molecule has 0 fully saturated rings. The SMILES string of the molecule is [2H]CNC(CC)C(=O)O. The average molecular weight is 118 g/mol. The van der Waals surface area contributed by atoms with Crippen molar-refractivity contribution in [2.45, 2.75) is 19.4 Å². The number of carboxylic acid groups (broad SMARTS) is 1. The number of hydrogen-bond acceptors (Lipinski definition) is 2. The topological polar surface area (TPSA) is 49.3 Å². The Balaban J connectivity index is 3.54. The van der Waals surface area contributed by atoms with Gasteiger partial charge in [-0.1, -0.05) is 6.92 Å². The van der Waals surface area contributed by atoms with Crippen molar-refractivity contribution in [2.75, 3.05) is 7.02 Å². The van der Waals surface area contributed by atoms with E-state index in [1.165, 1.54) is 0 Å². The molecular weight excluding hydrogens is 106 g/mol. The van der Waals surface area contributed by atoms with Crippen LogP contribution in [-0.2, 0) is 4.79 Å². The summed E-state index contributed by atoms with van der Waals surface area (Å²) in [6.45, 7) is 1.77. The quantitative estimate of drug-likeness (QED) is 0.551. The molecular formula is C5H11NO2. The zero-order valence-electron chi connectivity index (χ0n) is 5.85. The summed E-state index contributed by atoms with van der Waals surface area (Å²) >= 11 is 0. The summed E-state index contributed by atoms with van der Waals surface area (Å²) in [6, 6.07) is -0.553. The molecule has 0 saturated carbocycles. The van der Waals surface area contributed by atoms with Crippen molar-refractivity contribution in [2.24, 2.45) is 0 Å². The fraction of sp³-hybridized carbons (Fsp3) is 0.800. The monoisotopic (exact) mass is 118 g/mol. The number of likely N-dealkylation sites (N-methyl/N-ethyl adjacent to an activating group) is 1. The Morgan fingerprint density at radius 2 is 2.75 bits per heavy atom. The van der Waals surface area contributed by atoms with E-state index in [4.69, 9.17) is 6.48 Å². The predicted octanol–water partition coefficient (Wildman–Crippen LogP) is 0.0690. The van der Waals surface area contributed by atoms with Crippen LogP contribution in [0.1, 0.15) is 14.7 Å². The maximum Gasteiger partial charge on any atom is 0.320 e. The van der Waals surface area contributed by atoms with Crippen LogP contribution in [0.2, 0.25) is 0 Å². The van der Waals surface area contributed by atoms with E-state index in [-0.39, 0.29) is 7.02 Å². The molecule has 0 heterocycles. The van der Waals surface area contributed by atoms with Gasteiger partial charge in [0.25, 0.3) is 0 Å². The van der Waals surface area contributed by atoms with Crippen LogP contribution in [0.25, 0.3) is 0 Å². The largest absolute Gasteiger partial charge is 0.480 e. The lowest BCUT2D eigenvalue weighted by Crippen LogP contribution is -2.32. The number of aliphatic carboxylic acids is 1. The number of carboxylic acids is 1. The highest BCUT2D eigenvalue weighted by molar-refractivity contribution is 5.73. The Bertz CT molecular complexity index is 97.0. The van der Waals surface area contributed by atoms with Gasteiger partial charge >= 0.3 is 5.97 Å². The molecule has 0 aromatic heterocycles. The second kappa shape index (κ2) is 3.43. The van der Waals surface area contributed by atoms with E-state index in [2.05, 4.69) is 5.32 Å². The Hall–Kier alpha value is -0.570. The van der Waals surface area contributed by atoms with Crippen LogP contribution in [0.5, 0.6) is 0 Å². The normalized spacial score (nSPS) is 14.9. The average Bonchev–Trinajstić information content (AvgIpc) is 1.82. The highest BCUT2D eigenvalue weighted by Crippen LogP contribution is 1.86. The summed E-state index contributed by atoms with van der Waals surface area (Å²) in [5.41, 5.74) is 0. The molecule has 0 amide bonds. The third kappa shape index (κ3) is 1.93. The lowest BCUT2D eigenvalue weighted by molar-refractivity contribution is -0.139. The van der Waals surface area contributed by atoms with Gasteiger partial charge in [0.1, 0.15) is 6.04 Å². The highest BCUT2D eigenvalue weighted by Gasteiger charge is 2.09. The van der Waals surface area contributed by atoms with E-state index < -0.39 is 12.0 Å². The van der Waals surface area contributed by atoms with Gasteiger partial charge < -0.3 is 10.4 Å². The number of hydrogen-bond donors (Lipinski definition) is 2. The van der Waals surface area contributed by atoms with E-state index in [0.717, 1.165) is 0 Å². The third-order valence-corrected chi connectivity index (χ3v) is 0.953. The van der Waals surface area contributed by atoms with Crippen molar-refractivity contribution in [1.82, 2.24) is 5.32 Å². The maximum absolute atomic E-state index is 10.2. The fourth-order valence-corrected chi connectivity index (χ4v) is 0.406. The molecule has 2 N–H and O–H groups in total. The van der Waals surface area contributed by atoms with E-state index in [1.807, 2.05) is 0 Å². The van der Waals surface area contributed by atoms with Gasteiger partial charge in [-0.15, -0.1) is 0 Å². The number of nitrogens with one attached hydrogen (secondary N) is 1. The first-order valence-corrected chi connectivity index (χ1v) is 2.47. The summed E-state index contributed by atoms with van der Waals surface area (Å²) in [5.74, 6) is -0.884. The Kier molecular flexibility index (Phi) is 2.39. The lowest BCUT2D eigenvalue weighted by Gasteiger charge is -2.05. The molecule has 3 heteroatoms. The van der Waals surface area contributed by atoms with E-state index in [1.54, 1.807) is 6.92 Å². The van der Waals surface area contributed by atoms with Gasteiger partial charge in [0.2, 0.25) is 0 Å². The molecule has 8 heavy (non-hydrogen) atoms. The van der Waals surface area contributed by atoms with Gasteiger partial charge in [-0.2, -0.15) is 0 Å². The van der Waals surface area contributed by atoms with Crippen LogP contribution >= 0.6 is 0 Å². The Morgan fingerprint density at radius 3 is 2.88 bits per heavy atom. The van der Waals surface area contributed by atoms with E-state index in [0.29, 0.717) is 6.42 Å². The minimum atomic E-state index is -0.884. The van der Waals surface area contributed by atoms with Crippen LogP contribution in [0.15, 0.2) is 0 Å². The van der Waals surface area contributed by atoms with Crippen molar-refractivity contribution in [3.63, 3.8) is 0 Å². The molecule has 1 atom stereocenters. The van der Waals surface area contributed by atoms with Crippen LogP contribution in [0.4, 0.5) is 0 Å². The fourth-order valence-electron chi connectivity index (χ4n) is 0.406. The molecule has 0 rings (SSSR count). The van der Waals surface area contributed by atoms with Crippen molar-refractivity contribution < 1.29 is 11.3 Å². The molecule has 0 aromatic rings. The zero-order chi connectivity index (χ0) is 7.28. The first kappa shape index (κ1) is 5.56. The summed E-state index contributed by atoms with van der Waals surface area (Å²) in [4.78, 5) is 10.2. The first-order chi connectivity index (χ1) is 4.22.